The number of benzene rings is 2. The zero-order valence-corrected chi connectivity index (χ0v) is 17.4. The van der Waals surface area contributed by atoms with Gasteiger partial charge < -0.3 is 10.1 Å². The number of thiophene rings is 1. The summed E-state index contributed by atoms with van der Waals surface area (Å²) in [7, 11) is -3.84. The average Bonchev–Trinajstić information content (AvgIpc) is 3.35. The van der Waals surface area contributed by atoms with E-state index in [2.05, 4.69) is 19.9 Å². The van der Waals surface area contributed by atoms with Crippen LogP contribution >= 0.6 is 22.9 Å². The summed E-state index contributed by atoms with van der Waals surface area (Å²) in [6.07, 6.45) is 0. The lowest BCUT2D eigenvalue weighted by molar-refractivity contribution is 0.0996. The number of azo groups is 1. The highest BCUT2D eigenvalue weighted by Gasteiger charge is 2.19. The summed E-state index contributed by atoms with van der Waals surface area (Å²) in [6, 6.07) is 14.0. The minimum atomic E-state index is -3.84. The molecule has 1 amide bonds. The average molecular weight is 461 g/mol. The normalized spacial score (nSPS) is 11.9. The molecule has 0 aliphatic carbocycles. The van der Waals surface area contributed by atoms with Crippen LogP contribution in [0.15, 0.2) is 74.4 Å². The number of fused-ring (bicyclic) bond motifs is 1. The fourth-order valence-electron chi connectivity index (χ4n) is 2.76. The summed E-state index contributed by atoms with van der Waals surface area (Å²) >= 11 is 7.04. The summed E-state index contributed by atoms with van der Waals surface area (Å²) < 4.78 is 27.5. The van der Waals surface area contributed by atoms with Crippen molar-refractivity contribution < 1.29 is 18.3 Å². The highest BCUT2D eigenvalue weighted by molar-refractivity contribution is 7.94. The van der Waals surface area contributed by atoms with Crippen molar-refractivity contribution in [3.05, 3.63) is 70.6 Å². The van der Waals surface area contributed by atoms with E-state index in [9.17, 15) is 18.3 Å². The number of nitrogens with one attached hydrogen (secondary N) is 2. The predicted octanol–water partition coefficient (Wildman–Crippen LogP) is 5.31. The lowest BCUT2D eigenvalue weighted by Crippen LogP contribution is -2.14. The third-order valence-electron chi connectivity index (χ3n) is 4.12. The number of aromatic nitrogens is 1. The van der Waals surface area contributed by atoms with Crippen molar-refractivity contribution in [3.63, 3.8) is 0 Å². The van der Waals surface area contributed by atoms with Gasteiger partial charge in [0.15, 0.2) is 5.69 Å². The molecular weight excluding hydrogens is 448 g/mol. The van der Waals surface area contributed by atoms with Crippen LogP contribution in [-0.4, -0.2) is 24.4 Å². The van der Waals surface area contributed by atoms with E-state index in [1.54, 1.807) is 41.8 Å². The van der Waals surface area contributed by atoms with E-state index in [0.29, 0.717) is 15.9 Å². The first kappa shape index (κ1) is 20.1. The number of para-hydroxylation sites is 1. The van der Waals surface area contributed by atoms with Crippen LogP contribution < -0.4 is 4.72 Å². The summed E-state index contributed by atoms with van der Waals surface area (Å²) in [4.78, 5) is 15.4. The number of hydrogen-bond acceptors (Lipinski definition) is 6. The first-order valence-electron chi connectivity index (χ1n) is 8.47. The molecular formula is C19H13ClN4O4S2. The van der Waals surface area contributed by atoms with Crippen molar-refractivity contribution >= 4 is 61.1 Å². The number of rotatable bonds is 5. The van der Waals surface area contributed by atoms with Crippen molar-refractivity contribution in [1.29, 1.82) is 0 Å². The van der Waals surface area contributed by atoms with Gasteiger partial charge in [-0.25, -0.2) is 8.42 Å². The largest absolute Gasteiger partial charge is 0.493 e. The molecule has 152 valence electrons. The van der Waals surface area contributed by atoms with Gasteiger partial charge in [-0.1, -0.05) is 29.8 Å². The van der Waals surface area contributed by atoms with Crippen molar-refractivity contribution in [1.82, 2.24) is 4.98 Å². The second kappa shape index (κ2) is 7.90. The van der Waals surface area contributed by atoms with Crippen LogP contribution in [0.1, 0.15) is 10.4 Å². The minimum absolute atomic E-state index is 0.0127. The second-order valence-corrected chi connectivity index (χ2v) is 9.39. The molecule has 0 fully saturated rings. The summed E-state index contributed by atoms with van der Waals surface area (Å²) in [6.45, 7) is 0. The number of carbonyl (C=O) groups excluding carboxylic acids is 1. The topological polar surface area (TPSA) is 124 Å². The van der Waals surface area contributed by atoms with E-state index >= 15 is 0 Å². The molecule has 2 aromatic heterocycles. The van der Waals surface area contributed by atoms with Gasteiger partial charge >= 0.3 is 0 Å². The maximum atomic E-state index is 12.6. The fourth-order valence-corrected chi connectivity index (χ4v) is 5.00. The van der Waals surface area contributed by atoms with Crippen LogP contribution in [0.2, 0.25) is 5.02 Å². The van der Waals surface area contributed by atoms with Gasteiger partial charge in [-0.2, -0.15) is 0 Å². The van der Waals surface area contributed by atoms with Crippen LogP contribution in [0.4, 0.5) is 11.4 Å². The Balaban J connectivity index is 1.66. The molecule has 4 rings (SSSR count). The molecule has 30 heavy (non-hydrogen) atoms. The highest BCUT2D eigenvalue weighted by Crippen LogP contribution is 2.37. The fraction of sp³-hybridized carbons (Fsp3) is 0. The quantitative estimate of drug-likeness (QED) is 0.349. The molecule has 0 saturated heterocycles. The number of amides is 1. The third kappa shape index (κ3) is 3.92. The SMILES string of the molecule is O=C(N=Nc1c(O)[nH]c2ccc(Cl)cc12)c1ccccc1NS(=O)(=O)c1cccs1. The molecule has 11 heteroatoms. The molecule has 0 bridgehead atoms. The van der Waals surface area contributed by atoms with Gasteiger partial charge in [-0.05, 0) is 41.8 Å². The number of hydrogen-bond donors (Lipinski definition) is 3. The number of halogens is 1. The van der Waals surface area contributed by atoms with Gasteiger partial charge in [0.05, 0.1) is 16.8 Å². The molecule has 0 aliphatic heterocycles. The lowest BCUT2D eigenvalue weighted by Gasteiger charge is -2.09. The van der Waals surface area contributed by atoms with Crippen molar-refractivity contribution in [2.24, 2.45) is 10.2 Å². The molecule has 0 spiro atoms. The predicted molar refractivity (Wildman–Crippen MR) is 115 cm³/mol. The van der Waals surface area contributed by atoms with Gasteiger partial charge in [0.2, 0.25) is 5.88 Å². The molecule has 0 aliphatic rings. The Hall–Kier alpha value is -3.21. The first-order chi connectivity index (χ1) is 14.3. The number of aromatic hydroxyl groups is 1. The third-order valence-corrected chi connectivity index (χ3v) is 7.11. The number of carbonyl (C=O) groups is 1. The Labute approximate surface area is 179 Å². The maximum Gasteiger partial charge on any atom is 0.297 e. The van der Waals surface area contributed by atoms with Gasteiger partial charge in [0.25, 0.3) is 15.9 Å². The number of anilines is 1. The van der Waals surface area contributed by atoms with E-state index in [0.717, 1.165) is 11.3 Å². The van der Waals surface area contributed by atoms with Crippen molar-refractivity contribution in [3.8, 4) is 5.88 Å². The Morgan fingerprint density at radius 3 is 2.70 bits per heavy atom. The molecule has 3 N–H and O–H groups in total. The number of nitrogens with zero attached hydrogens (tertiary/aromatic N) is 2. The molecule has 0 atom stereocenters. The van der Waals surface area contributed by atoms with Gasteiger partial charge in [0, 0.05) is 10.4 Å². The van der Waals surface area contributed by atoms with E-state index in [1.807, 2.05) is 0 Å². The lowest BCUT2D eigenvalue weighted by atomic mass is 10.2. The Kier molecular flexibility index (Phi) is 5.29. The van der Waals surface area contributed by atoms with Crippen LogP contribution in [0.5, 0.6) is 5.88 Å². The van der Waals surface area contributed by atoms with Crippen molar-refractivity contribution in [2.45, 2.75) is 4.21 Å². The number of aromatic amines is 1. The molecule has 4 aromatic rings. The smallest absolute Gasteiger partial charge is 0.297 e. The zero-order valence-electron chi connectivity index (χ0n) is 15.0. The second-order valence-electron chi connectivity index (χ2n) is 6.10. The van der Waals surface area contributed by atoms with Crippen molar-refractivity contribution in [2.75, 3.05) is 4.72 Å². The van der Waals surface area contributed by atoms with E-state index in [4.69, 9.17) is 11.6 Å². The first-order valence-corrected chi connectivity index (χ1v) is 11.2. The molecule has 8 nitrogen and oxygen atoms in total. The molecule has 0 unspecified atom stereocenters. The van der Waals surface area contributed by atoms with Gasteiger partial charge in [-0.15, -0.1) is 21.6 Å². The molecule has 2 aromatic carbocycles. The van der Waals surface area contributed by atoms with E-state index in [1.165, 1.54) is 18.2 Å². The number of H-pyrrole nitrogens is 1. The number of sulfonamides is 1. The monoisotopic (exact) mass is 460 g/mol. The summed E-state index contributed by atoms with van der Waals surface area (Å²) in [5.41, 5.74) is 0.708. The molecule has 0 saturated carbocycles. The van der Waals surface area contributed by atoms with Crippen LogP contribution in [0.3, 0.4) is 0 Å². The van der Waals surface area contributed by atoms with Crippen LogP contribution in [0, 0.1) is 0 Å². The minimum Gasteiger partial charge on any atom is -0.493 e. The van der Waals surface area contributed by atoms with E-state index < -0.39 is 15.9 Å². The molecule has 0 radical (unpaired) electrons. The Bertz CT molecular complexity index is 1380. The Morgan fingerprint density at radius 2 is 1.93 bits per heavy atom. The summed E-state index contributed by atoms with van der Waals surface area (Å²) in [5, 5.41) is 20.1. The maximum absolute atomic E-state index is 12.6. The highest BCUT2D eigenvalue weighted by atomic mass is 35.5. The van der Waals surface area contributed by atoms with Crippen LogP contribution in [-0.2, 0) is 10.0 Å². The van der Waals surface area contributed by atoms with Gasteiger partial charge in [0.1, 0.15) is 4.21 Å². The Morgan fingerprint density at radius 1 is 1.13 bits per heavy atom. The van der Waals surface area contributed by atoms with E-state index in [-0.39, 0.29) is 27.0 Å². The van der Waals surface area contributed by atoms with Crippen LogP contribution in [0.25, 0.3) is 10.9 Å². The summed E-state index contributed by atoms with van der Waals surface area (Å²) in [5.74, 6) is -1.05. The molecule has 2 heterocycles. The zero-order chi connectivity index (χ0) is 21.3. The standard InChI is InChI=1S/C19H13ClN4O4S2/c20-11-7-8-14-13(10-11)17(19(26)21-14)22-23-18(25)12-4-1-2-5-15(12)24-30(27,28)16-6-3-9-29-16/h1-10,21,24,26H. The van der Waals surface area contributed by atoms with Gasteiger partial charge in [-0.3, -0.25) is 9.52 Å².